The third kappa shape index (κ3) is 3.51. The van der Waals surface area contributed by atoms with Crippen molar-refractivity contribution in [1.29, 1.82) is 0 Å². The van der Waals surface area contributed by atoms with Gasteiger partial charge in [0.2, 0.25) is 5.95 Å². The van der Waals surface area contributed by atoms with Gasteiger partial charge in [0, 0.05) is 26.2 Å². The molecule has 0 aliphatic carbocycles. The predicted octanol–water partition coefficient (Wildman–Crippen LogP) is 1.73. The largest absolute Gasteiger partial charge is 0.378 e. The predicted molar refractivity (Wildman–Crippen MR) is 86.0 cm³/mol. The van der Waals surface area contributed by atoms with Crippen LogP contribution in [-0.2, 0) is 11.3 Å². The van der Waals surface area contributed by atoms with Gasteiger partial charge in [0.15, 0.2) is 5.82 Å². The van der Waals surface area contributed by atoms with E-state index in [1.807, 2.05) is 18.2 Å². The molecule has 1 aromatic heterocycles. The highest BCUT2D eigenvalue weighted by molar-refractivity contribution is 5.42. The van der Waals surface area contributed by atoms with Crippen molar-refractivity contribution in [3.63, 3.8) is 0 Å². The highest BCUT2D eigenvalue weighted by Gasteiger charge is 2.16. The lowest BCUT2D eigenvalue weighted by molar-refractivity contribution is 0.122. The van der Waals surface area contributed by atoms with Crippen LogP contribution in [0.1, 0.15) is 12.5 Å². The lowest BCUT2D eigenvalue weighted by Gasteiger charge is -2.28. The molecule has 1 saturated heterocycles. The monoisotopic (exact) mass is 299 g/mol. The van der Waals surface area contributed by atoms with E-state index in [1.165, 1.54) is 5.56 Å². The molecule has 0 atom stereocenters. The number of aromatic nitrogens is 3. The van der Waals surface area contributed by atoms with E-state index in [4.69, 9.17) is 4.74 Å². The van der Waals surface area contributed by atoms with E-state index in [0.717, 1.165) is 45.2 Å². The summed E-state index contributed by atoms with van der Waals surface area (Å²) in [5, 5.41) is 8.34. The molecule has 0 saturated carbocycles. The highest BCUT2D eigenvalue weighted by Crippen LogP contribution is 2.16. The van der Waals surface area contributed by atoms with Gasteiger partial charge in [-0.2, -0.15) is 10.1 Å². The molecule has 0 unspecified atom stereocenters. The minimum absolute atomic E-state index is 0.676. The SMILES string of the molecule is CCN(Cc1ccccc1)c1nncc(N2CCOCC2)n1. The summed E-state index contributed by atoms with van der Waals surface area (Å²) >= 11 is 0. The van der Waals surface area contributed by atoms with Crippen molar-refractivity contribution in [1.82, 2.24) is 15.2 Å². The normalized spacial score (nSPS) is 14.9. The molecule has 1 aromatic carbocycles. The molecule has 3 rings (SSSR count). The van der Waals surface area contributed by atoms with Crippen LogP contribution in [0.3, 0.4) is 0 Å². The van der Waals surface area contributed by atoms with Crippen LogP contribution in [0.4, 0.5) is 11.8 Å². The van der Waals surface area contributed by atoms with E-state index in [9.17, 15) is 0 Å². The minimum atomic E-state index is 0.676. The Bertz CT molecular complexity index is 586. The first-order valence-electron chi connectivity index (χ1n) is 7.68. The second-order valence-electron chi connectivity index (χ2n) is 5.21. The average molecular weight is 299 g/mol. The fraction of sp³-hybridized carbons (Fsp3) is 0.438. The molecule has 0 amide bonds. The molecule has 2 aromatic rings. The molecule has 6 nitrogen and oxygen atoms in total. The number of nitrogens with zero attached hydrogens (tertiary/aromatic N) is 5. The summed E-state index contributed by atoms with van der Waals surface area (Å²) in [6.07, 6.45) is 1.73. The van der Waals surface area contributed by atoms with Gasteiger partial charge in [-0.1, -0.05) is 30.3 Å². The van der Waals surface area contributed by atoms with Crippen LogP contribution in [0.25, 0.3) is 0 Å². The van der Waals surface area contributed by atoms with E-state index in [2.05, 4.69) is 44.0 Å². The van der Waals surface area contributed by atoms with Gasteiger partial charge in [-0.15, -0.1) is 5.10 Å². The fourth-order valence-electron chi connectivity index (χ4n) is 2.49. The maximum atomic E-state index is 5.38. The number of benzene rings is 1. The Morgan fingerprint density at radius 3 is 2.68 bits per heavy atom. The van der Waals surface area contributed by atoms with Gasteiger partial charge in [0.05, 0.1) is 19.4 Å². The van der Waals surface area contributed by atoms with Crippen LogP contribution < -0.4 is 9.80 Å². The number of hydrogen-bond donors (Lipinski definition) is 0. The number of ether oxygens (including phenoxy) is 1. The zero-order chi connectivity index (χ0) is 15.2. The average Bonchev–Trinajstić information content (AvgIpc) is 2.61. The summed E-state index contributed by atoms with van der Waals surface area (Å²) in [7, 11) is 0. The van der Waals surface area contributed by atoms with E-state index < -0.39 is 0 Å². The summed E-state index contributed by atoms with van der Waals surface area (Å²) in [6, 6.07) is 10.3. The van der Waals surface area contributed by atoms with E-state index >= 15 is 0 Å². The van der Waals surface area contributed by atoms with Gasteiger partial charge in [-0.3, -0.25) is 0 Å². The number of anilines is 2. The second kappa shape index (κ2) is 7.17. The Balaban J connectivity index is 1.77. The van der Waals surface area contributed by atoms with Crippen LogP contribution in [0.2, 0.25) is 0 Å². The number of hydrogen-bond acceptors (Lipinski definition) is 6. The van der Waals surface area contributed by atoms with Crippen LogP contribution in [-0.4, -0.2) is 48.0 Å². The molecular formula is C16H21N5O. The number of morpholine rings is 1. The first-order valence-corrected chi connectivity index (χ1v) is 7.68. The van der Waals surface area contributed by atoms with Gasteiger partial charge in [0.1, 0.15) is 0 Å². The summed E-state index contributed by atoms with van der Waals surface area (Å²) in [5.74, 6) is 1.55. The quantitative estimate of drug-likeness (QED) is 0.838. The Labute approximate surface area is 130 Å². The highest BCUT2D eigenvalue weighted by atomic mass is 16.5. The molecule has 0 radical (unpaired) electrons. The summed E-state index contributed by atoms with van der Waals surface area (Å²) < 4.78 is 5.38. The Morgan fingerprint density at radius 2 is 1.95 bits per heavy atom. The summed E-state index contributed by atoms with van der Waals surface area (Å²) in [6.45, 7) is 6.90. The van der Waals surface area contributed by atoms with Gasteiger partial charge in [-0.05, 0) is 12.5 Å². The third-order valence-corrected chi connectivity index (χ3v) is 3.75. The van der Waals surface area contributed by atoms with E-state index in [0.29, 0.717) is 5.95 Å². The maximum Gasteiger partial charge on any atom is 0.247 e. The molecule has 2 heterocycles. The molecule has 0 bridgehead atoms. The smallest absolute Gasteiger partial charge is 0.247 e. The van der Waals surface area contributed by atoms with Crippen molar-refractivity contribution >= 4 is 11.8 Å². The molecule has 1 fully saturated rings. The molecule has 22 heavy (non-hydrogen) atoms. The van der Waals surface area contributed by atoms with Crippen molar-refractivity contribution in [3.05, 3.63) is 42.1 Å². The molecule has 1 aliphatic rings. The molecule has 1 aliphatic heterocycles. The summed E-state index contributed by atoms with van der Waals surface area (Å²) in [5.41, 5.74) is 1.24. The van der Waals surface area contributed by atoms with E-state index in [-0.39, 0.29) is 0 Å². The topological polar surface area (TPSA) is 54.4 Å². The van der Waals surface area contributed by atoms with Crippen molar-refractivity contribution in [3.8, 4) is 0 Å². The minimum Gasteiger partial charge on any atom is -0.378 e. The van der Waals surface area contributed by atoms with Crippen molar-refractivity contribution < 1.29 is 4.74 Å². The molecule has 0 N–H and O–H groups in total. The van der Waals surface area contributed by atoms with Crippen LogP contribution >= 0.6 is 0 Å². The van der Waals surface area contributed by atoms with Gasteiger partial charge in [0.25, 0.3) is 0 Å². The maximum absolute atomic E-state index is 5.38. The fourth-order valence-corrected chi connectivity index (χ4v) is 2.49. The molecular weight excluding hydrogens is 278 g/mol. The molecule has 116 valence electrons. The van der Waals surface area contributed by atoms with E-state index in [1.54, 1.807) is 6.20 Å². The lowest BCUT2D eigenvalue weighted by atomic mass is 10.2. The van der Waals surface area contributed by atoms with Gasteiger partial charge >= 0.3 is 0 Å². The van der Waals surface area contributed by atoms with Crippen LogP contribution in [0, 0.1) is 0 Å². The van der Waals surface area contributed by atoms with Crippen molar-refractivity contribution in [2.75, 3.05) is 42.6 Å². The van der Waals surface area contributed by atoms with Crippen LogP contribution in [0.5, 0.6) is 0 Å². The van der Waals surface area contributed by atoms with Crippen molar-refractivity contribution in [2.45, 2.75) is 13.5 Å². The Morgan fingerprint density at radius 1 is 1.18 bits per heavy atom. The van der Waals surface area contributed by atoms with Gasteiger partial charge in [-0.25, -0.2) is 0 Å². The Kier molecular flexibility index (Phi) is 4.80. The standard InChI is InChI=1S/C16H21N5O/c1-2-20(13-14-6-4-3-5-7-14)16-18-15(12-17-19-16)21-8-10-22-11-9-21/h3-7,12H,2,8-11,13H2,1H3. The number of rotatable bonds is 5. The first-order chi connectivity index (χ1) is 10.9. The summed E-state index contributed by atoms with van der Waals surface area (Å²) in [4.78, 5) is 9.01. The molecule has 0 spiro atoms. The second-order valence-corrected chi connectivity index (χ2v) is 5.21. The Hall–Kier alpha value is -2.21. The molecule has 6 heteroatoms. The zero-order valence-electron chi connectivity index (χ0n) is 12.9. The van der Waals surface area contributed by atoms with Gasteiger partial charge < -0.3 is 14.5 Å². The zero-order valence-corrected chi connectivity index (χ0v) is 12.9. The first kappa shape index (κ1) is 14.7. The lowest BCUT2D eigenvalue weighted by Crippen LogP contribution is -2.37. The van der Waals surface area contributed by atoms with Crippen LogP contribution in [0.15, 0.2) is 36.5 Å². The van der Waals surface area contributed by atoms with Crippen molar-refractivity contribution in [2.24, 2.45) is 0 Å². The third-order valence-electron chi connectivity index (χ3n) is 3.75.